The van der Waals surface area contributed by atoms with Crippen molar-refractivity contribution in [3.8, 4) is 0 Å². The van der Waals surface area contributed by atoms with Crippen molar-refractivity contribution in [2.75, 3.05) is 19.6 Å². The van der Waals surface area contributed by atoms with Gasteiger partial charge in [-0.25, -0.2) is 4.98 Å². The number of amides is 1. The summed E-state index contributed by atoms with van der Waals surface area (Å²) in [6, 6.07) is 12.7. The van der Waals surface area contributed by atoms with E-state index in [0.717, 1.165) is 64.0 Å². The average Bonchev–Trinajstić information content (AvgIpc) is 3.29. The molecule has 1 saturated heterocycles. The highest BCUT2D eigenvalue weighted by Gasteiger charge is 2.33. The Balaban J connectivity index is 1.38. The maximum absolute atomic E-state index is 13.7. The third kappa shape index (κ3) is 6.42. The van der Waals surface area contributed by atoms with Crippen molar-refractivity contribution in [1.82, 2.24) is 15.2 Å². The summed E-state index contributed by atoms with van der Waals surface area (Å²) in [6.07, 6.45) is 8.04. The Morgan fingerprint density at radius 1 is 1.16 bits per heavy atom. The number of carbonyl (C=O) groups is 1. The van der Waals surface area contributed by atoms with Crippen LogP contribution in [0.5, 0.6) is 0 Å². The van der Waals surface area contributed by atoms with Gasteiger partial charge in [-0.15, -0.1) is 11.3 Å². The van der Waals surface area contributed by atoms with Gasteiger partial charge in [0.2, 0.25) is 0 Å². The highest BCUT2D eigenvalue weighted by Crippen LogP contribution is 2.39. The maximum Gasteiger partial charge on any atom is 0.262 e. The van der Waals surface area contributed by atoms with Gasteiger partial charge in [0.1, 0.15) is 8.38 Å². The highest BCUT2D eigenvalue weighted by atomic mass is 127. The first-order chi connectivity index (χ1) is 17.6. The van der Waals surface area contributed by atoms with Crippen LogP contribution >= 0.6 is 49.9 Å². The number of hydrogen-bond acceptors (Lipinski definition) is 4. The molecule has 0 radical (unpaired) electrons. The second kappa shape index (κ2) is 11.2. The van der Waals surface area contributed by atoms with Crippen LogP contribution in [-0.2, 0) is 16.4 Å². The van der Waals surface area contributed by atoms with Crippen molar-refractivity contribution in [1.29, 1.82) is 0 Å². The molecule has 0 spiro atoms. The molecule has 1 aliphatic heterocycles. The lowest BCUT2D eigenvalue weighted by atomic mass is 9.71. The van der Waals surface area contributed by atoms with Crippen LogP contribution in [0.25, 0.3) is 10.2 Å². The quantitative estimate of drug-likeness (QED) is 0.161. The molecule has 3 aromatic rings. The van der Waals surface area contributed by atoms with E-state index >= 15 is 0 Å². The molecule has 0 saturated carbocycles. The summed E-state index contributed by atoms with van der Waals surface area (Å²) in [7, 11) is 0. The molecule has 1 amide bonds. The molecule has 1 aromatic carbocycles. The summed E-state index contributed by atoms with van der Waals surface area (Å²) < 4.78 is 0.570. The first-order valence-corrected chi connectivity index (χ1v) is 16.2. The van der Waals surface area contributed by atoms with Crippen molar-refractivity contribution in [2.24, 2.45) is 11.3 Å². The van der Waals surface area contributed by atoms with Gasteiger partial charge in [-0.05, 0) is 121 Å². The minimum atomic E-state index is -0.476. The van der Waals surface area contributed by atoms with E-state index in [9.17, 15) is 4.79 Å². The molecular weight excluding hydrogens is 657 g/mol. The second-order valence-electron chi connectivity index (χ2n) is 11.8. The molecule has 1 aliphatic carbocycles. The van der Waals surface area contributed by atoms with Gasteiger partial charge in [0.05, 0.1) is 4.88 Å². The smallest absolute Gasteiger partial charge is 0.262 e. The van der Waals surface area contributed by atoms with E-state index < -0.39 is 3.55 Å². The van der Waals surface area contributed by atoms with Gasteiger partial charge in [0.25, 0.3) is 5.91 Å². The fraction of sp³-hybridized carbons (Fsp3) is 0.533. The Hall–Kier alpha value is -1.03. The molecule has 2 aromatic heterocycles. The number of benzene rings is 1. The van der Waals surface area contributed by atoms with Gasteiger partial charge in [0.15, 0.2) is 0 Å². The minimum Gasteiger partial charge on any atom is -0.333 e. The summed E-state index contributed by atoms with van der Waals surface area (Å²) in [4.78, 5) is 23.0. The first-order valence-electron chi connectivity index (χ1n) is 13.5. The average molecular weight is 695 g/mol. The fourth-order valence-electron chi connectivity index (χ4n) is 5.70. The number of rotatable bonds is 6. The summed E-state index contributed by atoms with van der Waals surface area (Å²) in [5, 5.41) is 4.53. The number of likely N-dealkylation sites (tertiary alicyclic amines) is 1. The summed E-state index contributed by atoms with van der Waals surface area (Å²) in [6.45, 7) is 10.3. The predicted molar refractivity (Wildman–Crippen MR) is 167 cm³/mol. The maximum atomic E-state index is 13.7. The SMILES string of the molecule is CC(C)(C)C1CCc2nc3sc(C(=O)NC(I)(CCN4CCCCC4)c4ccc(Br)cc4)cc3cc2C1. The summed E-state index contributed by atoms with van der Waals surface area (Å²) in [5.74, 6) is 0.663. The molecule has 3 heterocycles. The number of piperidine rings is 1. The number of fused-ring (bicyclic) bond motifs is 2. The van der Waals surface area contributed by atoms with Gasteiger partial charge in [-0.2, -0.15) is 0 Å². The number of halogens is 2. The van der Waals surface area contributed by atoms with Crippen LogP contribution < -0.4 is 5.32 Å². The van der Waals surface area contributed by atoms with Crippen LogP contribution in [-0.4, -0.2) is 35.4 Å². The van der Waals surface area contributed by atoms with Crippen molar-refractivity contribution in [2.45, 2.75) is 69.3 Å². The molecule has 198 valence electrons. The van der Waals surface area contributed by atoms with Crippen LogP contribution in [0.1, 0.15) is 79.4 Å². The molecule has 5 rings (SSSR count). The van der Waals surface area contributed by atoms with E-state index in [1.54, 1.807) is 0 Å². The first kappa shape index (κ1) is 27.5. The van der Waals surface area contributed by atoms with Crippen LogP contribution in [0, 0.1) is 11.3 Å². The minimum absolute atomic E-state index is 0.00972. The van der Waals surface area contributed by atoms with Crippen molar-refractivity contribution >= 4 is 66.0 Å². The number of carbonyl (C=O) groups excluding carboxylic acids is 1. The molecule has 4 nitrogen and oxygen atoms in total. The largest absolute Gasteiger partial charge is 0.333 e. The number of pyridine rings is 1. The summed E-state index contributed by atoms with van der Waals surface area (Å²) >= 11 is 7.55. The molecule has 0 bridgehead atoms. The molecule has 1 N–H and O–H groups in total. The van der Waals surface area contributed by atoms with E-state index in [2.05, 4.69) is 99.8 Å². The van der Waals surface area contributed by atoms with Gasteiger partial charge < -0.3 is 10.2 Å². The Labute approximate surface area is 247 Å². The Morgan fingerprint density at radius 2 is 1.89 bits per heavy atom. The fourth-order valence-corrected chi connectivity index (χ4v) is 7.74. The number of hydrogen-bond donors (Lipinski definition) is 1. The molecule has 37 heavy (non-hydrogen) atoms. The zero-order valence-corrected chi connectivity index (χ0v) is 26.6. The molecule has 7 heteroatoms. The standard InChI is InChI=1S/C30H37BrIN3OS/c1-29(2,3)23-9-12-25-20(18-23)17-21-19-26(37-28(21)33-25)27(36)34-30(32,22-7-10-24(31)11-8-22)13-16-35-14-5-4-6-15-35/h7-8,10-11,17,19,23H,4-6,9,12-16,18H2,1-3H3,(H,34,36). The van der Waals surface area contributed by atoms with Crippen LogP contribution in [0.4, 0.5) is 0 Å². The van der Waals surface area contributed by atoms with E-state index in [4.69, 9.17) is 4.98 Å². The number of nitrogens with zero attached hydrogens (tertiary/aromatic N) is 2. The van der Waals surface area contributed by atoms with E-state index in [0.29, 0.717) is 11.3 Å². The third-order valence-electron chi connectivity index (χ3n) is 8.16. The number of aryl methyl sites for hydroxylation is 1. The third-order valence-corrected chi connectivity index (χ3v) is 11.2. The normalized spacial score (nSPS) is 20.4. The monoisotopic (exact) mass is 693 g/mol. The van der Waals surface area contributed by atoms with Crippen molar-refractivity contribution in [3.63, 3.8) is 0 Å². The van der Waals surface area contributed by atoms with E-state index in [-0.39, 0.29) is 5.91 Å². The molecule has 2 atom stereocenters. The highest BCUT2D eigenvalue weighted by molar-refractivity contribution is 14.1. The Kier molecular flexibility index (Phi) is 8.35. The number of alkyl halides is 1. The van der Waals surface area contributed by atoms with Crippen LogP contribution in [0.2, 0.25) is 0 Å². The van der Waals surface area contributed by atoms with Crippen molar-refractivity contribution in [3.05, 3.63) is 62.6 Å². The predicted octanol–water partition coefficient (Wildman–Crippen LogP) is 8.10. The molecule has 2 aliphatic rings. The second-order valence-corrected chi connectivity index (χ2v) is 15.6. The van der Waals surface area contributed by atoms with Crippen LogP contribution in [0.3, 0.4) is 0 Å². The Bertz CT molecular complexity index is 1260. The molecular formula is C30H37BrIN3OS. The zero-order chi connectivity index (χ0) is 26.2. The molecule has 1 fully saturated rings. The Morgan fingerprint density at radius 3 is 2.59 bits per heavy atom. The number of thiophene rings is 1. The van der Waals surface area contributed by atoms with Gasteiger partial charge >= 0.3 is 0 Å². The van der Waals surface area contributed by atoms with Gasteiger partial charge in [-0.3, -0.25) is 4.79 Å². The van der Waals surface area contributed by atoms with Crippen molar-refractivity contribution < 1.29 is 4.79 Å². The summed E-state index contributed by atoms with van der Waals surface area (Å²) in [5.41, 5.74) is 4.02. The lowest BCUT2D eigenvalue weighted by Crippen LogP contribution is -2.44. The van der Waals surface area contributed by atoms with E-state index in [1.165, 1.54) is 48.3 Å². The number of aromatic nitrogens is 1. The number of nitrogens with one attached hydrogen (secondary N) is 1. The van der Waals surface area contributed by atoms with E-state index in [1.807, 2.05) is 6.07 Å². The molecule has 2 unspecified atom stereocenters. The lowest BCUT2D eigenvalue weighted by Gasteiger charge is -2.34. The zero-order valence-electron chi connectivity index (χ0n) is 22.1. The van der Waals surface area contributed by atoms with Gasteiger partial charge in [-0.1, -0.05) is 55.3 Å². The van der Waals surface area contributed by atoms with Crippen LogP contribution in [0.15, 0.2) is 40.9 Å². The van der Waals surface area contributed by atoms with Gasteiger partial charge in [0, 0.05) is 22.1 Å². The topological polar surface area (TPSA) is 45.2 Å². The lowest BCUT2D eigenvalue weighted by molar-refractivity contribution is 0.0929.